The Morgan fingerprint density at radius 1 is 0.938 bits per heavy atom. The molecule has 0 bridgehead atoms. The van der Waals surface area contributed by atoms with Crippen molar-refractivity contribution in [3.63, 3.8) is 0 Å². The lowest BCUT2D eigenvalue weighted by Gasteiger charge is -2.28. The van der Waals surface area contributed by atoms with Gasteiger partial charge in [-0.3, -0.25) is 4.79 Å². The van der Waals surface area contributed by atoms with Crippen molar-refractivity contribution in [2.24, 2.45) is 0 Å². The van der Waals surface area contributed by atoms with Gasteiger partial charge in [0.15, 0.2) is 0 Å². The summed E-state index contributed by atoms with van der Waals surface area (Å²) in [6.07, 6.45) is 9.59. The molecule has 32 heavy (non-hydrogen) atoms. The predicted molar refractivity (Wildman–Crippen MR) is 127 cm³/mol. The highest BCUT2D eigenvalue weighted by Crippen LogP contribution is 2.43. The number of carbonyl (C=O) groups excluding carboxylic acids is 1. The number of hydrogen-bond acceptors (Lipinski definition) is 3. The molecule has 1 N–H and O–H groups in total. The van der Waals surface area contributed by atoms with Gasteiger partial charge in [-0.05, 0) is 75.5 Å². The van der Waals surface area contributed by atoms with Crippen LogP contribution in [0.15, 0.2) is 48.5 Å². The zero-order chi connectivity index (χ0) is 22.2. The average molecular weight is 439 g/mol. The van der Waals surface area contributed by atoms with Crippen molar-refractivity contribution in [1.29, 1.82) is 0 Å². The van der Waals surface area contributed by atoms with Gasteiger partial charge in [-0.2, -0.15) is 0 Å². The topological polar surface area (TPSA) is 41.6 Å². The number of likely N-dealkylation sites (tertiary alicyclic amines) is 1. The van der Waals surface area contributed by atoms with Crippen LogP contribution in [0.2, 0.25) is 0 Å². The standard InChI is InChI=1S/C27H35FN2O2/c28-25-11-4-3-10-24(25)27(16-5-6-17-27)26(31)29-22-12-14-23(15-13-22)32-21-9-20-30-18-7-1-2-8-19-30/h3-4,10-15H,1-2,5-9,16-21H2,(H,29,31). The molecule has 0 spiro atoms. The van der Waals surface area contributed by atoms with Crippen LogP contribution in [0.25, 0.3) is 0 Å². The number of nitrogens with one attached hydrogen (secondary N) is 1. The molecule has 4 nitrogen and oxygen atoms in total. The van der Waals surface area contributed by atoms with Crippen molar-refractivity contribution in [1.82, 2.24) is 4.90 Å². The number of hydrogen-bond donors (Lipinski definition) is 1. The Bertz CT molecular complexity index is 869. The highest BCUT2D eigenvalue weighted by Gasteiger charge is 2.44. The van der Waals surface area contributed by atoms with E-state index in [2.05, 4.69) is 10.2 Å². The van der Waals surface area contributed by atoms with Crippen molar-refractivity contribution < 1.29 is 13.9 Å². The Morgan fingerprint density at radius 2 is 1.62 bits per heavy atom. The molecule has 2 aromatic carbocycles. The van der Waals surface area contributed by atoms with Gasteiger partial charge in [0.1, 0.15) is 11.6 Å². The molecule has 0 unspecified atom stereocenters. The Balaban J connectivity index is 1.30. The molecule has 0 radical (unpaired) electrons. The first-order chi connectivity index (χ1) is 15.7. The number of carbonyl (C=O) groups is 1. The van der Waals surface area contributed by atoms with Gasteiger partial charge >= 0.3 is 0 Å². The third-order valence-electron chi connectivity index (χ3n) is 6.98. The largest absolute Gasteiger partial charge is 0.494 e. The maximum atomic E-state index is 14.5. The van der Waals surface area contributed by atoms with E-state index in [9.17, 15) is 9.18 Å². The van der Waals surface area contributed by atoms with E-state index in [0.717, 1.165) is 37.2 Å². The summed E-state index contributed by atoms with van der Waals surface area (Å²) in [4.78, 5) is 15.8. The molecule has 1 saturated heterocycles. The summed E-state index contributed by atoms with van der Waals surface area (Å²) >= 11 is 0. The van der Waals surface area contributed by atoms with E-state index in [1.54, 1.807) is 12.1 Å². The fourth-order valence-electron chi connectivity index (χ4n) is 5.17. The number of rotatable bonds is 8. The van der Waals surface area contributed by atoms with Crippen LogP contribution in [-0.2, 0) is 10.2 Å². The summed E-state index contributed by atoms with van der Waals surface area (Å²) in [5, 5.41) is 3.03. The molecule has 0 aromatic heterocycles. The van der Waals surface area contributed by atoms with Gasteiger partial charge in [0.2, 0.25) is 5.91 Å². The van der Waals surface area contributed by atoms with E-state index >= 15 is 0 Å². The molecule has 0 atom stereocenters. The summed E-state index contributed by atoms with van der Waals surface area (Å²) in [5.41, 5.74) is 0.447. The van der Waals surface area contributed by atoms with Crippen LogP contribution >= 0.6 is 0 Å². The van der Waals surface area contributed by atoms with Crippen molar-refractivity contribution in [3.8, 4) is 5.75 Å². The second kappa shape index (κ2) is 11.0. The molecular formula is C27H35FN2O2. The fraction of sp³-hybridized carbons (Fsp3) is 0.519. The Morgan fingerprint density at radius 3 is 2.31 bits per heavy atom. The highest BCUT2D eigenvalue weighted by molar-refractivity contribution is 5.99. The SMILES string of the molecule is O=C(Nc1ccc(OCCCN2CCCCCC2)cc1)C1(c2ccccc2F)CCCC1. The summed E-state index contributed by atoms with van der Waals surface area (Å²) in [5.74, 6) is 0.392. The zero-order valence-corrected chi connectivity index (χ0v) is 19.0. The first-order valence-corrected chi connectivity index (χ1v) is 12.2. The first kappa shape index (κ1) is 22.8. The third-order valence-corrected chi connectivity index (χ3v) is 6.98. The van der Waals surface area contributed by atoms with Gasteiger partial charge in [0.25, 0.3) is 0 Å². The number of ether oxygens (including phenoxy) is 1. The Hall–Kier alpha value is -2.40. The lowest BCUT2D eigenvalue weighted by atomic mass is 9.77. The van der Waals surface area contributed by atoms with E-state index < -0.39 is 5.41 Å². The Labute approximate surface area is 191 Å². The van der Waals surface area contributed by atoms with E-state index in [4.69, 9.17) is 4.74 Å². The average Bonchev–Trinajstić information content (AvgIpc) is 3.16. The first-order valence-electron chi connectivity index (χ1n) is 12.2. The van der Waals surface area contributed by atoms with E-state index in [-0.39, 0.29) is 11.7 Å². The molecule has 1 amide bonds. The third kappa shape index (κ3) is 5.50. The summed E-state index contributed by atoms with van der Waals surface area (Å²) in [6.45, 7) is 4.20. The smallest absolute Gasteiger partial charge is 0.235 e. The summed E-state index contributed by atoms with van der Waals surface area (Å²) < 4.78 is 20.4. The Kier molecular flexibility index (Phi) is 7.80. The molecule has 1 aliphatic carbocycles. The maximum Gasteiger partial charge on any atom is 0.235 e. The molecule has 2 fully saturated rings. The number of benzene rings is 2. The van der Waals surface area contributed by atoms with Crippen LogP contribution in [0.4, 0.5) is 10.1 Å². The molecule has 1 saturated carbocycles. The second-order valence-electron chi connectivity index (χ2n) is 9.21. The number of nitrogens with zero attached hydrogens (tertiary/aromatic N) is 1. The molecule has 1 heterocycles. The minimum absolute atomic E-state index is 0.119. The van der Waals surface area contributed by atoms with Crippen LogP contribution < -0.4 is 10.1 Å². The molecule has 1 aliphatic heterocycles. The second-order valence-corrected chi connectivity index (χ2v) is 9.21. The van der Waals surface area contributed by atoms with Gasteiger partial charge in [-0.25, -0.2) is 4.39 Å². The van der Waals surface area contributed by atoms with E-state index in [1.165, 1.54) is 44.8 Å². The quantitative estimate of drug-likeness (QED) is 0.520. The number of halogens is 1. The molecule has 2 aliphatic rings. The van der Waals surface area contributed by atoms with Crippen molar-refractivity contribution >= 4 is 11.6 Å². The molecule has 5 heteroatoms. The van der Waals surface area contributed by atoms with Crippen LogP contribution in [0, 0.1) is 5.82 Å². The van der Waals surface area contributed by atoms with Crippen LogP contribution in [0.3, 0.4) is 0 Å². The normalized spacial score (nSPS) is 18.8. The van der Waals surface area contributed by atoms with Crippen LogP contribution in [0.1, 0.15) is 63.4 Å². The lowest BCUT2D eigenvalue weighted by molar-refractivity contribution is -0.121. The van der Waals surface area contributed by atoms with Crippen LogP contribution in [-0.4, -0.2) is 37.0 Å². The molecule has 2 aromatic rings. The minimum atomic E-state index is -0.784. The van der Waals surface area contributed by atoms with Gasteiger partial charge in [-0.15, -0.1) is 0 Å². The van der Waals surface area contributed by atoms with Crippen molar-refractivity contribution in [2.75, 3.05) is 31.6 Å². The maximum absolute atomic E-state index is 14.5. The molecule has 4 rings (SSSR count). The predicted octanol–water partition coefficient (Wildman–Crippen LogP) is 5.92. The summed E-state index contributed by atoms with van der Waals surface area (Å²) in [6, 6.07) is 14.2. The van der Waals surface area contributed by atoms with Gasteiger partial charge in [-0.1, -0.05) is 43.9 Å². The van der Waals surface area contributed by atoms with Gasteiger partial charge < -0.3 is 15.0 Å². The van der Waals surface area contributed by atoms with Crippen molar-refractivity contribution in [3.05, 3.63) is 59.9 Å². The summed E-state index contributed by atoms with van der Waals surface area (Å²) in [7, 11) is 0. The molecular weight excluding hydrogens is 403 g/mol. The monoisotopic (exact) mass is 438 g/mol. The highest BCUT2D eigenvalue weighted by atomic mass is 19.1. The minimum Gasteiger partial charge on any atom is -0.494 e. The van der Waals surface area contributed by atoms with Crippen LogP contribution in [0.5, 0.6) is 5.75 Å². The number of anilines is 1. The van der Waals surface area contributed by atoms with Gasteiger partial charge in [0.05, 0.1) is 12.0 Å². The van der Waals surface area contributed by atoms with E-state index in [1.807, 2.05) is 30.3 Å². The lowest BCUT2D eigenvalue weighted by Crippen LogP contribution is -2.38. The van der Waals surface area contributed by atoms with E-state index in [0.29, 0.717) is 25.0 Å². The number of amides is 1. The zero-order valence-electron chi connectivity index (χ0n) is 19.0. The fourth-order valence-corrected chi connectivity index (χ4v) is 5.17. The molecule has 172 valence electrons. The van der Waals surface area contributed by atoms with Gasteiger partial charge in [0, 0.05) is 17.8 Å². The van der Waals surface area contributed by atoms with Crippen molar-refractivity contribution in [2.45, 2.75) is 63.2 Å².